The minimum atomic E-state index is -0.0399. The van der Waals surface area contributed by atoms with E-state index in [4.69, 9.17) is 0 Å². The van der Waals surface area contributed by atoms with Gasteiger partial charge in [-0.1, -0.05) is 56.3 Å². The van der Waals surface area contributed by atoms with E-state index >= 15 is 0 Å². The number of hydrogen-bond donors (Lipinski definition) is 1. The van der Waals surface area contributed by atoms with Crippen LogP contribution >= 0.6 is 0 Å². The third-order valence-electron chi connectivity index (χ3n) is 5.12. The van der Waals surface area contributed by atoms with Crippen LogP contribution in [0, 0.1) is 5.41 Å². The van der Waals surface area contributed by atoms with Crippen LogP contribution in [0.2, 0.25) is 0 Å². The lowest BCUT2D eigenvalue weighted by molar-refractivity contribution is -0.122. The average molecular weight is 338 g/mol. The summed E-state index contributed by atoms with van der Waals surface area (Å²) in [7, 11) is 2.07. The van der Waals surface area contributed by atoms with Gasteiger partial charge in [0.25, 0.3) is 0 Å². The Kier molecular flexibility index (Phi) is 4.91. The van der Waals surface area contributed by atoms with Gasteiger partial charge in [0.2, 0.25) is 5.91 Å². The molecule has 1 fully saturated rings. The second-order valence-electron chi connectivity index (χ2n) is 7.76. The molecule has 1 atom stereocenters. The van der Waals surface area contributed by atoms with Crippen LogP contribution in [0.25, 0.3) is 10.8 Å². The molecular formula is C21H26N2O2. The number of likely N-dealkylation sites (N-methyl/N-ethyl adjacent to an activating group) is 1. The van der Waals surface area contributed by atoms with Gasteiger partial charge in [0.1, 0.15) is 0 Å². The Labute approximate surface area is 149 Å². The highest BCUT2D eigenvalue weighted by Crippen LogP contribution is 2.28. The molecule has 1 N–H and O–H groups in total. The predicted molar refractivity (Wildman–Crippen MR) is 101 cm³/mol. The molecule has 1 aliphatic rings. The molecule has 3 rings (SSSR count). The first-order valence-electron chi connectivity index (χ1n) is 8.86. The zero-order valence-corrected chi connectivity index (χ0v) is 15.2. The molecule has 0 aliphatic carbocycles. The third-order valence-corrected chi connectivity index (χ3v) is 5.12. The van der Waals surface area contributed by atoms with Crippen LogP contribution in [0.1, 0.15) is 37.0 Å². The van der Waals surface area contributed by atoms with E-state index < -0.39 is 0 Å². The van der Waals surface area contributed by atoms with Gasteiger partial charge < -0.3 is 10.2 Å². The zero-order valence-electron chi connectivity index (χ0n) is 15.2. The summed E-state index contributed by atoms with van der Waals surface area (Å²) in [4.78, 5) is 27.1. The predicted octanol–water partition coefficient (Wildman–Crippen LogP) is 3.26. The summed E-state index contributed by atoms with van der Waals surface area (Å²) in [6.45, 7) is 6.16. The van der Waals surface area contributed by atoms with Crippen molar-refractivity contribution in [2.24, 2.45) is 5.41 Å². The number of carbonyl (C=O) groups is 2. The molecule has 2 aromatic rings. The lowest BCUT2D eigenvalue weighted by Crippen LogP contribution is -2.44. The summed E-state index contributed by atoms with van der Waals surface area (Å²) in [5.74, 6) is -0.0169. The smallest absolute Gasteiger partial charge is 0.220 e. The molecule has 2 aromatic carbocycles. The quantitative estimate of drug-likeness (QED) is 0.851. The van der Waals surface area contributed by atoms with Crippen molar-refractivity contribution in [1.82, 2.24) is 10.2 Å². The van der Waals surface area contributed by atoms with Crippen LogP contribution in [0.15, 0.2) is 42.5 Å². The molecular weight excluding hydrogens is 312 g/mol. The number of benzene rings is 2. The van der Waals surface area contributed by atoms with Crippen molar-refractivity contribution in [3.8, 4) is 0 Å². The highest BCUT2D eigenvalue weighted by Gasteiger charge is 2.38. The Bertz CT molecular complexity index is 792. The van der Waals surface area contributed by atoms with Gasteiger partial charge in [0, 0.05) is 37.5 Å². The molecule has 0 aromatic heterocycles. The summed E-state index contributed by atoms with van der Waals surface area (Å²) < 4.78 is 0. The van der Waals surface area contributed by atoms with E-state index in [-0.39, 0.29) is 36.0 Å². The van der Waals surface area contributed by atoms with Crippen LogP contribution in [-0.4, -0.2) is 42.8 Å². The van der Waals surface area contributed by atoms with Crippen molar-refractivity contribution < 1.29 is 9.59 Å². The van der Waals surface area contributed by atoms with E-state index in [1.165, 1.54) is 0 Å². The van der Waals surface area contributed by atoms with Crippen molar-refractivity contribution in [3.63, 3.8) is 0 Å². The summed E-state index contributed by atoms with van der Waals surface area (Å²) in [6.07, 6.45) is 0.473. The Morgan fingerprint density at radius 3 is 2.56 bits per heavy atom. The molecule has 0 saturated carbocycles. The van der Waals surface area contributed by atoms with Crippen molar-refractivity contribution in [1.29, 1.82) is 0 Å². The number of fused-ring (bicyclic) bond motifs is 1. The Balaban J connectivity index is 1.61. The first-order chi connectivity index (χ1) is 11.9. The monoisotopic (exact) mass is 338 g/mol. The largest absolute Gasteiger partial charge is 0.351 e. The van der Waals surface area contributed by atoms with E-state index in [0.717, 1.165) is 23.9 Å². The molecule has 132 valence electrons. The number of nitrogens with zero attached hydrogens (tertiary/aromatic N) is 1. The van der Waals surface area contributed by atoms with E-state index in [1.807, 2.05) is 42.5 Å². The number of rotatable bonds is 5. The second-order valence-corrected chi connectivity index (χ2v) is 7.76. The molecule has 1 saturated heterocycles. The van der Waals surface area contributed by atoms with Crippen molar-refractivity contribution in [3.05, 3.63) is 48.0 Å². The van der Waals surface area contributed by atoms with Crippen LogP contribution < -0.4 is 5.32 Å². The molecule has 4 heteroatoms. The number of hydrogen-bond acceptors (Lipinski definition) is 3. The highest BCUT2D eigenvalue weighted by atomic mass is 16.2. The van der Waals surface area contributed by atoms with Gasteiger partial charge in [0.05, 0.1) is 0 Å². The maximum absolute atomic E-state index is 12.6. The Hall–Kier alpha value is -2.20. The first-order valence-corrected chi connectivity index (χ1v) is 8.86. The van der Waals surface area contributed by atoms with Gasteiger partial charge in [0.15, 0.2) is 5.78 Å². The summed E-state index contributed by atoms with van der Waals surface area (Å²) in [6, 6.07) is 13.7. The Morgan fingerprint density at radius 1 is 1.12 bits per heavy atom. The van der Waals surface area contributed by atoms with E-state index in [1.54, 1.807) is 0 Å². The summed E-state index contributed by atoms with van der Waals surface area (Å²) in [5, 5.41) is 5.11. The fourth-order valence-corrected chi connectivity index (χ4v) is 3.77. The number of amides is 1. The van der Waals surface area contributed by atoms with Gasteiger partial charge >= 0.3 is 0 Å². The number of ketones is 1. The fourth-order valence-electron chi connectivity index (χ4n) is 3.77. The van der Waals surface area contributed by atoms with Gasteiger partial charge in [-0.3, -0.25) is 9.59 Å². The molecule has 25 heavy (non-hydrogen) atoms. The SMILES string of the molecule is CN1CC(NC(=O)CCC(=O)c2cccc3ccccc23)C(C)(C)C1. The second kappa shape index (κ2) is 6.96. The molecule has 1 aliphatic heterocycles. The van der Waals surface area contributed by atoms with Crippen LogP contribution in [-0.2, 0) is 4.79 Å². The fraction of sp³-hybridized carbons (Fsp3) is 0.429. The summed E-state index contributed by atoms with van der Waals surface area (Å²) in [5.41, 5.74) is 0.760. The van der Waals surface area contributed by atoms with Crippen LogP contribution in [0.5, 0.6) is 0 Å². The van der Waals surface area contributed by atoms with E-state index in [0.29, 0.717) is 5.56 Å². The first kappa shape index (κ1) is 17.6. The van der Waals surface area contributed by atoms with Crippen LogP contribution in [0.4, 0.5) is 0 Å². The number of carbonyl (C=O) groups excluding carboxylic acids is 2. The minimum absolute atomic E-state index is 0.0229. The van der Waals surface area contributed by atoms with E-state index in [2.05, 4.69) is 31.1 Å². The van der Waals surface area contributed by atoms with Crippen molar-refractivity contribution >= 4 is 22.5 Å². The Morgan fingerprint density at radius 2 is 1.84 bits per heavy atom. The average Bonchev–Trinajstić information content (AvgIpc) is 2.83. The topological polar surface area (TPSA) is 49.4 Å². The van der Waals surface area contributed by atoms with E-state index in [9.17, 15) is 9.59 Å². The minimum Gasteiger partial charge on any atom is -0.351 e. The highest BCUT2D eigenvalue weighted by molar-refractivity contribution is 6.08. The summed E-state index contributed by atoms with van der Waals surface area (Å²) >= 11 is 0. The maximum atomic E-state index is 12.6. The molecule has 0 spiro atoms. The van der Waals surface area contributed by atoms with Gasteiger partial charge in [-0.15, -0.1) is 0 Å². The lowest BCUT2D eigenvalue weighted by Gasteiger charge is -2.26. The maximum Gasteiger partial charge on any atom is 0.220 e. The van der Waals surface area contributed by atoms with Gasteiger partial charge in [-0.05, 0) is 23.2 Å². The molecule has 0 radical (unpaired) electrons. The third kappa shape index (κ3) is 3.90. The molecule has 0 bridgehead atoms. The van der Waals surface area contributed by atoms with Crippen molar-refractivity contribution in [2.45, 2.75) is 32.7 Å². The van der Waals surface area contributed by atoms with Gasteiger partial charge in [-0.25, -0.2) is 0 Å². The number of nitrogens with one attached hydrogen (secondary N) is 1. The molecule has 1 amide bonds. The molecule has 1 heterocycles. The lowest BCUT2D eigenvalue weighted by atomic mass is 9.87. The normalized spacial score (nSPS) is 19.9. The van der Waals surface area contributed by atoms with Crippen LogP contribution in [0.3, 0.4) is 0 Å². The zero-order chi connectivity index (χ0) is 18.0. The molecule has 1 unspecified atom stereocenters. The molecule has 4 nitrogen and oxygen atoms in total. The number of Topliss-reactive ketones (excluding diaryl/α,β-unsaturated/α-hetero) is 1. The van der Waals surface area contributed by atoms with Gasteiger partial charge in [-0.2, -0.15) is 0 Å². The standard InChI is InChI=1S/C21H26N2O2/c1-21(2)14-23(3)13-19(21)22-20(25)12-11-18(24)17-10-6-8-15-7-4-5-9-16(15)17/h4-10,19H,11-14H2,1-3H3,(H,22,25). The van der Waals surface area contributed by atoms with Crippen molar-refractivity contribution in [2.75, 3.05) is 20.1 Å². The number of likely N-dealkylation sites (tertiary alicyclic amines) is 1.